The van der Waals surface area contributed by atoms with Crippen molar-refractivity contribution in [2.75, 3.05) is 49.1 Å². The minimum atomic E-state index is 0.0184. The van der Waals surface area contributed by atoms with Gasteiger partial charge in [-0.15, -0.1) is 0 Å². The Hall–Kier alpha value is -2.69. The predicted molar refractivity (Wildman–Crippen MR) is 115 cm³/mol. The van der Waals surface area contributed by atoms with Gasteiger partial charge in [0.1, 0.15) is 0 Å². The molecule has 0 bridgehead atoms. The van der Waals surface area contributed by atoms with Gasteiger partial charge < -0.3 is 20.0 Å². The lowest BCUT2D eigenvalue weighted by atomic mass is 10.1. The van der Waals surface area contributed by atoms with E-state index in [4.69, 9.17) is 0 Å². The molecule has 4 rings (SSSR count). The molecule has 0 spiro atoms. The number of hydrogen-bond donors (Lipinski definition) is 1. The van der Waals surface area contributed by atoms with Crippen molar-refractivity contribution >= 4 is 17.4 Å². The molecule has 0 aromatic heterocycles. The number of urea groups is 1. The Morgan fingerprint density at radius 1 is 0.786 bits per heavy atom. The number of amides is 2. The second kappa shape index (κ2) is 8.55. The van der Waals surface area contributed by atoms with Crippen molar-refractivity contribution in [3.05, 3.63) is 60.2 Å². The van der Waals surface area contributed by atoms with Crippen molar-refractivity contribution in [2.24, 2.45) is 0 Å². The summed E-state index contributed by atoms with van der Waals surface area (Å²) < 4.78 is 0. The molecule has 2 amide bonds. The van der Waals surface area contributed by atoms with Crippen LogP contribution in [-0.4, -0.2) is 50.2 Å². The predicted octanol–water partition coefficient (Wildman–Crippen LogP) is 3.88. The summed E-state index contributed by atoms with van der Waals surface area (Å²) in [5.41, 5.74) is 3.71. The van der Waals surface area contributed by atoms with Crippen LogP contribution in [-0.2, 0) is 0 Å². The van der Waals surface area contributed by atoms with Crippen LogP contribution in [0.5, 0.6) is 0 Å². The molecule has 0 saturated carbocycles. The molecule has 0 radical (unpaired) electrons. The highest BCUT2D eigenvalue weighted by Gasteiger charge is 2.23. The van der Waals surface area contributed by atoms with Crippen molar-refractivity contribution in [3.8, 4) is 0 Å². The standard InChI is InChI=1S/C23H30N4O/c1-19(20-7-3-2-4-8-20)24-23(28)27-17-15-26(16-18-27)22-11-9-21(10-12-22)25-13-5-6-14-25/h2-4,7-12,19H,5-6,13-18H2,1H3,(H,24,28). The summed E-state index contributed by atoms with van der Waals surface area (Å²) in [6, 6.07) is 19.1. The number of nitrogens with one attached hydrogen (secondary N) is 1. The second-order valence-corrected chi connectivity index (χ2v) is 7.77. The molecule has 5 heteroatoms. The van der Waals surface area contributed by atoms with Gasteiger partial charge in [-0.2, -0.15) is 0 Å². The molecule has 2 saturated heterocycles. The second-order valence-electron chi connectivity index (χ2n) is 7.77. The zero-order valence-electron chi connectivity index (χ0n) is 16.7. The Morgan fingerprint density at radius 3 is 1.89 bits per heavy atom. The fraction of sp³-hybridized carbons (Fsp3) is 0.435. The number of carbonyl (C=O) groups excluding carboxylic acids is 1. The van der Waals surface area contributed by atoms with E-state index in [-0.39, 0.29) is 12.1 Å². The van der Waals surface area contributed by atoms with Crippen molar-refractivity contribution in [2.45, 2.75) is 25.8 Å². The van der Waals surface area contributed by atoms with E-state index in [0.29, 0.717) is 0 Å². The van der Waals surface area contributed by atoms with Crippen LogP contribution in [0.4, 0.5) is 16.2 Å². The third kappa shape index (κ3) is 4.24. The van der Waals surface area contributed by atoms with E-state index < -0.39 is 0 Å². The van der Waals surface area contributed by atoms with Gasteiger partial charge in [0.15, 0.2) is 0 Å². The largest absolute Gasteiger partial charge is 0.372 e. The van der Waals surface area contributed by atoms with E-state index >= 15 is 0 Å². The molecule has 28 heavy (non-hydrogen) atoms. The van der Waals surface area contributed by atoms with Crippen LogP contribution < -0.4 is 15.1 Å². The first kappa shape index (κ1) is 18.7. The van der Waals surface area contributed by atoms with Crippen LogP contribution in [0.15, 0.2) is 54.6 Å². The lowest BCUT2D eigenvalue weighted by Crippen LogP contribution is -2.52. The van der Waals surface area contributed by atoms with Crippen molar-refractivity contribution in [1.29, 1.82) is 0 Å². The van der Waals surface area contributed by atoms with Gasteiger partial charge in [0.25, 0.3) is 0 Å². The first-order valence-electron chi connectivity index (χ1n) is 10.4. The Labute approximate surface area is 167 Å². The van der Waals surface area contributed by atoms with Crippen LogP contribution in [0.25, 0.3) is 0 Å². The van der Waals surface area contributed by atoms with Crippen molar-refractivity contribution < 1.29 is 4.79 Å². The number of rotatable bonds is 4. The minimum Gasteiger partial charge on any atom is -0.372 e. The van der Waals surface area contributed by atoms with Gasteiger partial charge >= 0.3 is 6.03 Å². The zero-order chi connectivity index (χ0) is 19.3. The van der Waals surface area contributed by atoms with E-state index in [0.717, 1.165) is 31.7 Å². The maximum Gasteiger partial charge on any atom is 0.317 e. The van der Waals surface area contributed by atoms with E-state index in [1.54, 1.807) is 0 Å². The number of anilines is 2. The van der Waals surface area contributed by atoms with E-state index in [1.807, 2.05) is 30.0 Å². The molecular weight excluding hydrogens is 348 g/mol. The summed E-state index contributed by atoms with van der Waals surface area (Å²) in [7, 11) is 0. The molecule has 2 aromatic rings. The summed E-state index contributed by atoms with van der Waals surface area (Å²) >= 11 is 0. The summed E-state index contributed by atoms with van der Waals surface area (Å²) in [6.07, 6.45) is 2.60. The Balaban J connectivity index is 1.28. The Morgan fingerprint density at radius 2 is 1.32 bits per heavy atom. The van der Waals surface area contributed by atoms with E-state index in [1.165, 1.54) is 37.3 Å². The summed E-state index contributed by atoms with van der Waals surface area (Å²) in [6.45, 7) is 7.63. The third-order valence-corrected chi connectivity index (χ3v) is 5.89. The summed E-state index contributed by atoms with van der Waals surface area (Å²) in [4.78, 5) is 19.4. The van der Waals surface area contributed by atoms with Gasteiger partial charge in [-0.25, -0.2) is 4.79 Å². The number of piperazine rings is 1. The molecule has 2 aliphatic rings. The van der Waals surface area contributed by atoms with Crippen molar-refractivity contribution in [3.63, 3.8) is 0 Å². The number of carbonyl (C=O) groups is 1. The molecular formula is C23H30N4O. The molecule has 1 N–H and O–H groups in total. The molecule has 5 nitrogen and oxygen atoms in total. The number of hydrogen-bond acceptors (Lipinski definition) is 3. The van der Waals surface area contributed by atoms with Gasteiger partial charge in [0.2, 0.25) is 0 Å². The third-order valence-electron chi connectivity index (χ3n) is 5.89. The fourth-order valence-electron chi connectivity index (χ4n) is 4.12. The van der Waals surface area contributed by atoms with Gasteiger partial charge in [-0.3, -0.25) is 0 Å². The zero-order valence-corrected chi connectivity index (χ0v) is 16.7. The Bertz CT molecular complexity index is 763. The monoisotopic (exact) mass is 378 g/mol. The molecule has 2 fully saturated rings. The van der Waals surface area contributed by atoms with E-state index in [2.05, 4.69) is 51.5 Å². The maximum absolute atomic E-state index is 12.6. The first-order valence-corrected chi connectivity index (χ1v) is 10.4. The molecule has 2 aliphatic heterocycles. The average molecular weight is 379 g/mol. The number of benzene rings is 2. The van der Waals surface area contributed by atoms with Gasteiger partial charge in [-0.1, -0.05) is 30.3 Å². The van der Waals surface area contributed by atoms with Crippen LogP contribution >= 0.6 is 0 Å². The highest BCUT2D eigenvalue weighted by Crippen LogP contribution is 2.24. The number of nitrogens with zero attached hydrogens (tertiary/aromatic N) is 3. The quantitative estimate of drug-likeness (QED) is 0.878. The maximum atomic E-state index is 12.6. The first-order chi connectivity index (χ1) is 13.7. The summed E-state index contributed by atoms with van der Waals surface area (Å²) in [5.74, 6) is 0. The highest BCUT2D eigenvalue weighted by atomic mass is 16.2. The lowest BCUT2D eigenvalue weighted by Gasteiger charge is -2.36. The smallest absolute Gasteiger partial charge is 0.317 e. The molecule has 2 heterocycles. The molecule has 1 atom stereocenters. The van der Waals surface area contributed by atoms with Gasteiger partial charge in [-0.05, 0) is 49.6 Å². The lowest BCUT2D eigenvalue weighted by molar-refractivity contribution is 0.191. The van der Waals surface area contributed by atoms with Crippen LogP contribution in [0.2, 0.25) is 0 Å². The average Bonchev–Trinajstić information content (AvgIpc) is 3.29. The van der Waals surface area contributed by atoms with Gasteiger partial charge in [0, 0.05) is 50.6 Å². The SMILES string of the molecule is CC(NC(=O)N1CCN(c2ccc(N3CCCC3)cc2)CC1)c1ccccc1. The van der Waals surface area contributed by atoms with Crippen LogP contribution in [0.3, 0.4) is 0 Å². The van der Waals surface area contributed by atoms with E-state index in [9.17, 15) is 4.79 Å². The van der Waals surface area contributed by atoms with Crippen molar-refractivity contribution in [1.82, 2.24) is 10.2 Å². The Kier molecular flexibility index (Phi) is 5.70. The highest BCUT2D eigenvalue weighted by molar-refractivity contribution is 5.75. The molecule has 2 aromatic carbocycles. The normalized spacial score (nSPS) is 18.2. The van der Waals surface area contributed by atoms with Crippen LogP contribution in [0.1, 0.15) is 31.4 Å². The molecule has 0 aliphatic carbocycles. The molecule has 1 unspecified atom stereocenters. The molecule has 148 valence electrons. The topological polar surface area (TPSA) is 38.8 Å². The minimum absolute atomic E-state index is 0.0184. The summed E-state index contributed by atoms with van der Waals surface area (Å²) in [5, 5.41) is 3.12. The van der Waals surface area contributed by atoms with Gasteiger partial charge in [0.05, 0.1) is 6.04 Å². The van der Waals surface area contributed by atoms with Crippen LogP contribution in [0, 0.1) is 0 Å². The fourth-order valence-corrected chi connectivity index (χ4v) is 4.12.